The highest BCUT2D eigenvalue weighted by atomic mass is 79.9. The van der Waals surface area contributed by atoms with Gasteiger partial charge in [-0.3, -0.25) is 0 Å². The average molecular weight is 341 g/mol. The van der Waals surface area contributed by atoms with Crippen molar-refractivity contribution in [2.24, 2.45) is 0 Å². The number of rotatable bonds is 3. The molecule has 1 N–H and O–H groups in total. The van der Waals surface area contributed by atoms with Crippen molar-refractivity contribution >= 4 is 32.6 Å². The standard InChI is InChI=1S/C17H13BrN2O/c1-11(17-9-13-4-2-3-5-16(13)21-17)20-15-7-6-12(10-19)8-14(15)18/h2-9,11,20H,1H3. The van der Waals surface area contributed by atoms with Crippen LogP contribution in [-0.4, -0.2) is 0 Å². The molecule has 104 valence electrons. The Bertz CT molecular complexity index is 799. The fourth-order valence-electron chi connectivity index (χ4n) is 2.22. The molecule has 1 aromatic heterocycles. The second kappa shape index (κ2) is 5.63. The van der Waals surface area contributed by atoms with Gasteiger partial charge in [-0.05, 0) is 53.2 Å². The predicted octanol–water partition coefficient (Wildman–Crippen LogP) is 5.24. The first-order valence-corrected chi connectivity index (χ1v) is 7.41. The first-order chi connectivity index (χ1) is 10.2. The molecule has 0 amide bonds. The number of furan rings is 1. The summed E-state index contributed by atoms with van der Waals surface area (Å²) in [6.45, 7) is 2.04. The van der Waals surface area contributed by atoms with Gasteiger partial charge in [-0.1, -0.05) is 18.2 Å². The van der Waals surface area contributed by atoms with Crippen LogP contribution in [0, 0.1) is 11.3 Å². The van der Waals surface area contributed by atoms with Crippen LogP contribution in [-0.2, 0) is 0 Å². The molecular weight excluding hydrogens is 328 g/mol. The number of fused-ring (bicyclic) bond motifs is 1. The Morgan fingerprint density at radius 3 is 2.71 bits per heavy atom. The number of nitrogens with zero attached hydrogens (tertiary/aromatic N) is 1. The highest BCUT2D eigenvalue weighted by Gasteiger charge is 2.12. The van der Waals surface area contributed by atoms with Crippen molar-refractivity contribution in [3.8, 4) is 6.07 Å². The molecular formula is C17H13BrN2O. The lowest BCUT2D eigenvalue weighted by molar-refractivity contribution is 0.526. The van der Waals surface area contributed by atoms with Crippen molar-refractivity contribution in [2.45, 2.75) is 13.0 Å². The van der Waals surface area contributed by atoms with E-state index < -0.39 is 0 Å². The number of anilines is 1. The zero-order valence-corrected chi connectivity index (χ0v) is 13.0. The van der Waals surface area contributed by atoms with Gasteiger partial charge in [-0.2, -0.15) is 5.26 Å². The Kier molecular flexibility index (Phi) is 3.68. The van der Waals surface area contributed by atoms with Crippen LogP contribution < -0.4 is 5.32 Å². The lowest BCUT2D eigenvalue weighted by atomic mass is 10.2. The van der Waals surface area contributed by atoms with Crippen LogP contribution in [0.1, 0.15) is 24.3 Å². The Balaban J connectivity index is 1.86. The van der Waals surface area contributed by atoms with Gasteiger partial charge in [0.15, 0.2) is 0 Å². The van der Waals surface area contributed by atoms with Crippen LogP contribution in [0.25, 0.3) is 11.0 Å². The van der Waals surface area contributed by atoms with Crippen LogP contribution in [0.5, 0.6) is 0 Å². The van der Waals surface area contributed by atoms with Crippen molar-refractivity contribution in [3.63, 3.8) is 0 Å². The van der Waals surface area contributed by atoms with Gasteiger partial charge < -0.3 is 9.73 Å². The lowest BCUT2D eigenvalue weighted by Crippen LogP contribution is -2.06. The summed E-state index contributed by atoms with van der Waals surface area (Å²) in [5, 5.41) is 13.4. The monoisotopic (exact) mass is 340 g/mol. The fourth-order valence-corrected chi connectivity index (χ4v) is 2.72. The van der Waals surface area contributed by atoms with Crippen molar-refractivity contribution in [1.82, 2.24) is 0 Å². The summed E-state index contributed by atoms with van der Waals surface area (Å²) in [5.41, 5.74) is 2.45. The van der Waals surface area contributed by atoms with Crippen LogP contribution in [0.15, 0.2) is 57.4 Å². The van der Waals surface area contributed by atoms with Gasteiger partial charge in [0.25, 0.3) is 0 Å². The third-order valence-electron chi connectivity index (χ3n) is 3.34. The summed E-state index contributed by atoms with van der Waals surface area (Å²) in [7, 11) is 0. The van der Waals surface area contributed by atoms with Gasteiger partial charge in [0, 0.05) is 15.5 Å². The van der Waals surface area contributed by atoms with Crippen molar-refractivity contribution < 1.29 is 4.42 Å². The lowest BCUT2D eigenvalue weighted by Gasteiger charge is -2.14. The maximum Gasteiger partial charge on any atom is 0.134 e. The van der Waals surface area contributed by atoms with Crippen molar-refractivity contribution in [1.29, 1.82) is 5.26 Å². The van der Waals surface area contributed by atoms with Gasteiger partial charge >= 0.3 is 0 Å². The summed E-state index contributed by atoms with van der Waals surface area (Å²) in [6.07, 6.45) is 0. The zero-order valence-electron chi connectivity index (χ0n) is 11.4. The summed E-state index contributed by atoms with van der Waals surface area (Å²) >= 11 is 3.48. The van der Waals surface area contributed by atoms with E-state index in [-0.39, 0.29) is 6.04 Å². The SMILES string of the molecule is CC(Nc1ccc(C#N)cc1Br)c1cc2ccccc2o1. The van der Waals surface area contributed by atoms with Crippen molar-refractivity contribution in [3.05, 3.63) is 64.3 Å². The molecule has 3 nitrogen and oxygen atoms in total. The summed E-state index contributed by atoms with van der Waals surface area (Å²) in [4.78, 5) is 0. The molecule has 0 aliphatic heterocycles. The van der Waals surface area contributed by atoms with Crippen LogP contribution in [0.3, 0.4) is 0 Å². The Morgan fingerprint density at radius 2 is 2.00 bits per heavy atom. The highest BCUT2D eigenvalue weighted by Crippen LogP contribution is 2.30. The molecule has 0 saturated carbocycles. The van der Waals surface area contributed by atoms with E-state index in [1.54, 1.807) is 12.1 Å². The highest BCUT2D eigenvalue weighted by molar-refractivity contribution is 9.10. The predicted molar refractivity (Wildman–Crippen MR) is 87.1 cm³/mol. The summed E-state index contributed by atoms with van der Waals surface area (Å²) in [5.74, 6) is 0.882. The molecule has 0 bridgehead atoms. The molecule has 1 atom stereocenters. The maximum atomic E-state index is 8.89. The van der Waals surface area contributed by atoms with E-state index >= 15 is 0 Å². The Labute approximate surface area is 131 Å². The molecule has 4 heteroatoms. The zero-order chi connectivity index (χ0) is 14.8. The molecule has 0 fully saturated rings. The molecule has 1 heterocycles. The van der Waals surface area contributed by atoms with E-state index in [9.17, 15) is 0 Å². The third-order valence-corrected chi connectivity index (χ3v) is 4.00. The number of benzene rings is 2. The fraction of sp³-hybridized carbons (Fsp3) is 0.118. The number of hydrogen-bond donors (Lipinski definition) is 1. The minimum Gasteiger partial charge on any atom is -0.459 e. The molecule has 2 aromatic carbocycles. The number of para-hydroxylation sites is 1. The Morgan fingerprint density at radius 1 is 1.19 bits per heavy atom. The smallest absolute Gasteiger partial charge is 0.134 e. The van der Waals surface area contributed by atoms with E-state index in [0.717, 1.165) is 26.9 Å². The van der Waals surface area contributed by atoms with Gasteiger partial charge in [-0.15, -0.1) is 0 Å². The van der Waals surface area contributed by atoms with Crippen LogP contribution in [0.4, 0.5) is 5.69 Å². The topological polar surface area (TPSA) is 49.0 Å². The van der Waals surface area contributed by atoms with Gasteiger partial charge in [-0.25, -0.2) is 0 Å². The Hall–Kier alpha value is -2.25. The molecule has 3 aromatic rings. The minimum absolute atomic E-state index is 0.0293. The van der Waals surface area contributed by atoms with E-state index in [1.807, 2.05) is 43.3 Å². The quantitative estimate of drug-likeness (QED) is 0.709. The molecule has 1 unspecified atom stereocenters. The van der Waals surface area contributed by atoms with E-state index in [0.29, 0.717) is 5.56 Å². The van der Waals surface area contributed by atoms with E-state index in [1.165, 1.54) is 0 Å². The number of nitriles is 1. The van der Waals surface area contributed by atoms with Gasteiger partial charge in [0.05, 0.1) is 17.7 Å². The largest absolute Gasteiger partial charge is 0.459 e. The van der Waals surface area contributed by atoms with E-state index in [4.69, 9.17) is 9.68 Å². The maximum absolute atomic E-state index is 8.89. The second-order valence-electron chi connectivity index (χ2n) is 4.86. The van der Waals surface area contributed by atoms with Crippen LogP contribution >= 0.6 is 15.9 Å². The van der Waals surface area contributed by atoms with E-state index in [2.05, 4.69) is 27.3 Å². The molecule has 21 heavy (non-hydrogen) atoms. The van der Waals surface area contributed by atoms with Crippen LogP contribution in [0.2, 0.25) is 0 Å². The first-order valence-electron chi connectivity index (χ1n) is 6.62. The molecule has 0 aliphatic carbocycles. The summed E-state index contributed by atoms with van der Waals surface area (Å²) < 4.78 is 6.72. The molecule has 0 aliphatic rings. The number of nitrogens with one attached hydrogen (secondary N) is 1. The number of halogens is 1. The van der Waals surface area contributed by atoms with Gasteiger partial charge in [0.2, 0.25) is 0 Å². The normalized spacial score (nSPS) is 12.0. The molecule has 3 rings (SSSR count). The molecule has 0 saturated heterocycles. The van der Waals surface area contributed by atoms with Crippen molar-refractivity contribution in [2.75, 3.05) is 5.32 Å². The number of hydrogen-bond acceptors (Lipinski definition) is 3. The molecule has 0 radical (unpaired) electrons. The first kappa shape index (κ1) is 13.7. The second-order valence-corrected chi connectivity index (χ2v) is 5.71. The third kappa shape index (κ3) is 2.79. The molecule has 0 spiro atoms. The average Bonchev–Trinajstić information content (AvgIpc) is 2.93. The summed E-state index contributed by atoms with van der Waals surface area (Å²) in [6, 6.07) is 17.6. The minimum atomic E-state index is 0.0293. The van der Waals surface area contributed by atoms with Gasteiger partial charge in [0.1, 0.15) is 11.3 Å².